The zero-order chi connectivity index (χ0) is 22.8. The highest BCUT2D eigenvalue weighted by molar-refractivity contribution is 6.04. The molecule has 0 radical (unpaired) electrons. The molecule has 1 N–H and O–H groups in total. The number of aromatic amines is 1. The van der Waals surface area contributed by atoms with E-state index in [4.69, 9.17) is 9.97 Å². The second-order valence-electron chi connectivity index (χ2n) is 8.17. The molecule has 0 bridgehead atoms. The molecule has 0 spiro atoms. The minimum Gasteiger partial charge on any atom is -0.342 e. The molecule has 0 aliphatic rings. The van der Waals surface area contributed by atoms with Crippen LogP contribution in [0, 0.1) is 12.7 Å². The molecule has 0 aliphatic heterocycles. The topological polar surface area (TPSA) is 75.0 Å². The minimum atomic E-state index is -0.211. The molecular formula is C24H23BFN7. The summed E-state index contributed by atoms with van der Waals surface area (Å²) in [6.45, 7) is 3.44. The zero-order valence-corrected chi connectivity index (χ0v) is 18.5. The maximum Gasteiger partial charge on any atom is 0.186 e. The number of nitrogens with one attached hydrogen (secondary N) is 1. The lowest BCUT2D eigenvalue weighted by atomic mass is 10.1. The summed E-state index contributed by atoms with van der Waals surface area (Å²) in [7, 11) is 2.05. The number of halogens is 1. The van der Waals surface area contributed by atoms with Crippen LogP contribution in [-0.4, -0.2) is 48.9 Å². The first kappa shape index (κ1) is 21.0. The second kappa shape index (κ2) is 8.95. The molecule has 0 atom stereocenters. The molecule has 1 aromatic carbocycles. The number of benzene rings is 1. The Labute approximate surface area is 191 Å². The van der Waals surface area contributed by atoms with E-state index in [1.807, 2.05) is 55.6 Å². The van der Waals surface area contributed by atoms with Crippen LogP contribution in [0.1, 0.15) is 17.1 Å². The van der Waals surface area contributed by atoms with Gasteiger partial charge in [0.1, 0.15) is 23.7 Å². The third-order valence-corrected chi connectivity index (χ3v) is 5.56. The molecule has 7 nitrogen and oxygen atoms in total. The Bertz CT molecular complexity index is 1390. The largest absolute Gasteiger partial charge is 0.342 e. The Morgan fingerprint density at radius 2 is 1.91 bits per heavy atom. The van der Waals surface area contributed by atoms with Gasteiger partial charge in [-0.1, -0.05) is 18.2 Å². The van der Waals surface area contributed by atoms with Gasteiger partial charge in [0, 0.05) is 24.0 Å². The van der Waals surface area contributed by atoms with Crippen molar-refractivity contribution in [2.24, 2.45) is 0 Å². The van der Waals surface area contributed by atoms with Crippen LogP contribution in [0.25, 0.3) is 28.3 Å². The summed E-state index contributed by atoms with van der Waals surface area (Å²) in [4.78, 5) is 19.5. The summed E-state index contributed by atoms with van der Waals surface area (Å²) >= 11 is 0. The van der Waals surface area contributed by atoms with E-state index in [2.05, 4.69) is 27.9 Å². The molecule has 0 amide bonds. The number of hydrogen-bond acceptors (Lipinski definition) is 5. The van der Waals surface area contributed by atoms with Gasteiger partial charge in [-0.05, 0) is 61.9 Å². The normalized spacial score (nSPS) is 11.5. The van der Waals surface area contributed by atoms with E-state index in [-0.39, 0.29) is 5.82 Å². The lowest BCUT2D eigenvalue weighted by Gasteiger charge is -2.15. The predicted molar refractivity (Wildman–Crippen MR) is 128 cm³/mol. The monoisotopic (exact) mass is 439 g/mol. The first-order valence-electron chi connectivity index (χ1n) is 10.8. The maximum atomic E-state index is 13.1. The molecule has 0 saturated heterocycles. The molecule has 0 saturated carbocycles. The molecule has 0 aliphatic carbocycles. The quantitative estimate of drug-likeness (QED) is 0.394. The molecule has 5 rings (SSSR count). The van der Waals surface area contributed by atoms with Crippen molar-refractivity contribution < 1.29 is 4.39 Å². The van der Waals surface area contributed by atoms with E-state index in [0.717, 1.165) is 58.3 Å². The Kier molecular flexibility index (Phi) is 5.70. The van der Waals surface area contributed by atoms with Gasteiger partial charge in [-0.15, -0.1) is 0 Å². The van der Waals surface area contributed by atoms with Gasteiger partial charge < -0.3 is 9.79 Å². The number of rotatable bonds is 7. The van der Waals surface area contributed by atoms with Gasteiger partial charge in [0.25, 0.3) is 0 Å². The fraction of sp³-hybridized carbons (Fsp3) is 0.167. The highest BCUT2D eigenvalue weighted by atomic mass is 19.1. The number of nitrogens with zero attached hydrogens (tertiary/aromatic N) is 6. The van der Waals surface area contributed by atoms with Crippen molar-refractivity contribution in [2.45, 2.75) is 19.9 Å². The summed E-state index contributed by atoms with van der Waals surface area (Å²) in [5, 5.41) is 4.26. The summed E-state index contributed by atoms with van der Waals surface area (Å²) < 4.78 is 14.9. The molecule has 4 heterocycles. The molecule has 164 valence electrons. The Morgan fingerprint density at radius 1 is 1.06 bits per heavy atom. The lowest BCUT2D eigenvalue weighted by Crippen LogP contribution is -2.23. The van der Waals surface area contributed by atoms with Crippen LogP contribution in [0.3, 0.4) is 0 Å². The lowest BCUT2D eigenvalue weighted by molar-refractivity contribution is 0.441. The van der Waals surface area contributed by atoms with Gasteiger partial charge >= 0.3 is 0 Å². The Hall–Kier alpha value is -3.85. The van der Waals surface area contributed by atoms with Crippen LogP contribution < -0.4 is 0 Å². The summed E-state index contributed by atoms with van der Waals surface area (Å²) in [6, 6.07) is 16.5. The molecule has 5 aromatic rings. The average Bonchev–Trinajstić information content (AvgIpc) is 3.45. The predicted octanol–water partition coefficient (Wildman–Crippen LogP) is 3.22. The van der Waals surface area contributed by atoms with Crippen molar-refractivity contribution in [1.82, 2.24) is 34.4 Å². The molecule has 33 heavy (non-hydrogen) atoms. The van der Waals surface area contributed by atoms with Crippen LogP contribution >= 0.6 is 0 Å². The smallest absolute Gasteiger partial charge is 0.186 e. The number of hydrogen-bond donors (Lipinski definition) is 1. The van der Waals surface area contributed by atoms with E-state index < -0.39 is 0 Å². The van der Waals surface area contributed by atoms with Gasteiger partial charge in [0.15, 0.2) is 13.6 Å². The third kappa shape index (κ3) is 4.68. The fourth-order valence-electron chi connectivity index (χ4n) is 3.84. The SMILES string of the molecule is BN(CCc1ccc(F)cc1)Cc1nc(-c2cccc(C)n2)c(-c2ccc3ncnn3c2)[nH]1. The van der Waals surface area contributed by atoms with Gasteiger partial charge in [0.2, 0.25) is 0 Å². The number of imidazole rings is 1. The van der Waals surface area contributed by atoms with Crippen LogP contribution in [0.4, 0.5) is 4.39 Å². The summed E-state index contributed by atoms with van der Waals surface area (Å²) in [5.41, 5.74) is 6.31. The number of H-pyrrole nitrogens is 1. The van der Waals surface area contributed by atoms with Gasteiger partial charge in [-0.2, -0.15) is 5.10 Å². The van der Waals surface area contributed by atoms with Crippen LogP contribution in [0.15, 0.2) is 67.1 Å². The van der Waals surface area contributed by atoms with Crippen molar-refractivity contribution in [2.75, 3.05) is 6.54 Å². The summed E-state index contributed by atoms with van der Waals surface area (Å²) in [6.07, 6.45) is 4.31. The van der Waals surface area contributed by atoms with Crippen molar-refractivity contribution in [3.05, 3.63) is 90.0 Å². The van der Waals surface area contributed by atoms with E-state index in [1.165, 1.54) is 18.5 Å². The minimum absolute atomic E-state index is 0.211. The number of fused-ring (bicyclic) bond motifs is 1. The second-order valence-corrected chi connectivity index (χ2v) is 8.17. The zero-order valence-electron chi connectivity index (χ0n) is 18.5. The van der Waals surface area contributed by atoms with E-state index >= 15 is 0 Å². The average molecular weight is 439 g/mol. The standard InChI is InChI=1S/C24H23BFN7/c1-16-3-2-4-20(29-16)24-23(18-7-10-22-27-15-28-33(22)13-18)30-21(31-24)14-32(25)12-11-17-5-8-19(26)9-6-17/h2-10,13,15H,11-12,14,25H2,1H3,(H,30,31). The van der Waals surface area contributed by atoms with E-state index in [0.29, 0.717) is 6.54 Å². The molecule has 0 fully saturated rings. The van der Waals surface area contributed by atoms with Crippen molar-refractivity contribution >= 4 is 13.6 Å². The molecular weight excluding hydrogens is 416 g/mol. The molecule has 4 aromatic heterocycles. The van der Waals surface area contributed by atoms with Crippen LogP contribution in [0.2, 0.25) is 0 Å². The molecule has 9 heteroatoms. The van der Waals surface area contributed by atoms with Crippen LogP contribution in [0.5, 0.6) is 0 Å². The van der Waals surface area contributed by atoms with Gasteiger partial charge in [-0.3, -0.25) is 4.98 Å². The van der Waals surface area contributed by atoms with E-state index in [9.17, 15) is 4.39 Å². The number of aromatic nitrogens is 6. The van der Waals surface area contributed by atoms with Gasteiger partial charge in [0.05, 0.1) is 11.4 Å². The van der Waals surface area contributed by atoms with Crippen molar-refractivity contribution in [1.29, 1.82) is 0 Å². The van der Waals surface area contributed by atoms with Crippen molar-refractivity contribution in [3.63, 3.8) is 0 Å². The first-order valence-corrected chi connectivity index (χ1v) is 10.8. The van der Waals surface area contributed by atoms with Gasteiger partial charge in [-0.25, -0.2) is 18.9 Å². The fourth-order valence-corrected chi connectivity index (χ4v) is 3.84. The highest BCUT2D eigenvalue weighted by Gasteiger charge is 2.17. The van der Waals surface area contributed by atoms with Crippen molar-refractivity contribution in [3.8, 4) is 22.6 Å². The first-order chi connectivity index (χ1) is 16.0. The Morgan fingerprint density at radius 3 is 2.73 bits per heavy atom. The maximum absolute atomic E-state index is 13.1. The van der Waals surface area contributed by atoms with E-state index in [1.54, 1.807) is 4.52 Å². The number of aryl methyl sites for hydroxylation is 1. The molecule has 0 unspecified atom stereocenters. The number of pyridine rings is 2. The highest BCUT2D eigenvalue weighted by Crippen LogP contribution is 2.29. The Balaban J connectivity index is 1.43. The summed E-state index contributed by atoms with van der Waals surface area (Å²) in [5.74, 6) is 0.639. The van der Waals surface area contributed by atoms with Crippen LogP contribution in [-0.2, 0) is 13.0 Å². The third-order valence-electron chi connectivity index (χ3n) is 5.56.